The van der Waals surface area contributed by atoms with Gasteiger partial charge in [0.2, 0.25) is 0 Å². The van der Waals surface area contributed by atoms with Crippen molar-refractivity contribution >= 4 is 5.91 Å². The van der Waals surface area contributed by atoms with Crippen molar-refractivity contribution in [2.75, 3.05) is 6.54 Å². The second kappa shape index (κ2) is 6.18. The number of carbonyl (C=O) groups is 1. The highest BCUT2D eigenvalue weighted by atomic mass is 16.3. The predicted molar refractivity (Wildman–Crippen MR) is 72.5 cm³/mol. The summed E-state index contributed by atoms with van der Waals surface area (Å²) in [5.74, 6) is 0.697. The normalized spacial score (nSPS) is 10.7. The summed E-state index contributed by atoms with van der Waals surface area (Å²) in [6.07, 6.45) is 5.03. The van der Waals surface area contributed by atoms with Crippen LogP contribution >= 0.6 is 0 Å². The minimum atomic E-state index is -0.0810. The molecule has 2 aromatic rings. The number of rotatable bonds is 5. The number of pyridine rings is 1. The van der Waals surface area contributed by atoms with Crippen LogP contribution in [0.2, 0.25) is 0 Å². The van der Waals surface area contributed by atoms with E-state index in [1.54, 1.807) is 29.4 Å². The van der Waals surface area contributed by atoms with Crippen LogP contribution in [-0.2, 0) is 6.54 Å². The molecule has 19 heavy (non-hydrogen) atoms. The maximum Gasteiger partial charge on any atom is 0.289 e. The van der Waals surface area contributed by atoms with Crippen molar-refractivity contribution in [2.24, 2.45) is 5.92 Å². The number of nitrogens with zero attached hydrogens (tertiary/aromatic N) is 2. The van der Waals surface area contributed by atoms with Crippen molar-refractivity contribution in [3.05, 3.63) is 54.2 Å². The van der Waals surface area contributed by atoms with Gasteiger partial charge < -0.3 is 9.32 Å². The van der Waals surface area contributed by atoms with Crippen molar-refractivity contribution < 1.29 is 9.21 Å². The van der Waals surface area contributed by atoms with Gasteiger partial charge in [0.25, 0.3) is 5.91 Å². The number of amides is 1. The molecule has 0 saturated carbocycles. The maximum absolute atomic E-state index is 12.4. The number of hydrogen-bond acceptors (Lipinski definition) is 3. The lowest BCUT2D eigenvalue weighted by molar-refractivity contribution is 0.0690. The van der Waals surface area contributed by atoms with Gasteiger partial charge in [0.05, 0.1) is 6.26 Å². The molecule has 0 aliphatic heterocycles. The molecule has 2 aromatic heterocycles. The molecule has 100 valence electrons. The van der Waals surface area contributed by atoms with E-state index in [2.05, 4.69) is 18.8 Å². The Kier molecular flexibility index (Phi) is 4.34. The molecule has 2 rings (SSSR count). The number of aromatic nitrogens is 1. The lowest BCUT2D eigenvalue weighted by atomic mass is 10.1. The van der Waals surface area contributed by atoms with E-state index in [4.69, 9.17) is 4.42 Å². The predicted octanol–water partition coefficient (Wildman–Crippen LogP) is 2.97. The van der Waals surface area contributed by atoms with Gasteiger partial charge in [-0.1, -0.05) is 19.9 Å². The van der Waals surface area contributed by atoms with Crippen LogP contribution in [-0.4, -0.2) is 22.3 Å². The Bertz CT molecular complexity index is 506. The van der Waals surface area contributed by atoms with Crippen LogP contribution < -0.4 is 0 Å². The first kappa shape index (κ1) is 13.3. The first-order valence-corrected chi connectivity index (χ1v) is 6.38. The Balaban J connectivity index is 2.14. The summed E-state index contributed by atoms with van der Waals surface area (Å²) in [5, 5.41) is 0. The molecule has 4 nitrogen and oxygen atoms in total. The lowest BCUT2D eigenvalue weighted by Crippen LogP contribution is -2.33. The first-order chi connectivity index (χ1) is 9.16. The van der Waals surface area contributed by atoms with E-state index in [0.29, 0.717) is 24.8 Å². The second-order valence-electron chi connectivity index (χ2n) is 4.92. The van der Waals surface area contributed by atoms with Gasteiger partial charge in [-0.05, 0) is 29.7 Å². The summed E-state index contributed by atoms with van der Waals surface area (Å²) in [5.41, 5.74) is 1.02. The fraction of sp³-hybridized carbons (Fsp3) is 0.333. The van der Waals surface area contributed by atoms with Crippen molar-refractivity contribution in [1.29, 1.82) is 0 Å². The highest BCUT2D eigenvalue weighted by molar-refractivity contribution is 5.91. The van der Waals surface area contributed by atoms with Gasteiger partial charge in [0.1, 0.15) is 0 Å². The maximum atomic E-state index is 12.4. The average molecular weight is 258 g/mol. The molecule has 1 amide bonds. The SMILES string of the molecule is CC(C)CN(Cc1cccnc1)C(=O)c1ccco1. The van der Waals surface area contributed by atoms with E-state index in [0.717, 1.165) is 5.56 Å². The number of hydrogen-bond donors (Lipinski definition) is 0. The van der Waals surface area contributed by atoms with E-state index in [-0.39, 0.29) is 5.91 Å². The molecule has 4 heteroatoms. The minimum absolute atomic E-state index is 0.0810. The zero-order valence-corrected chi connectivity index (χ0v) is 11.2. The van der Waals surface area contributed by atoms with E-state index >= 15 is 0 Å². The van der Waals surface area contributed by atoms with Gasteiger partial charge in [-0.15, -0.1) is 0 Å². The molecule has 0 saturated heterocycles. The average Bonchev–Trinajstić information content (AvgIpc) is 2.91. The van der Waals surface area contributed by atoms with Gasteiger partial charge in [0, 0.05) is 25.5 Å². The van der Waals surface area contributed by atoms with E-state index in [1.165, 1.54) is 6.26 Å². The Labute approximate surface area is 113 Å². The standard InChI is InChI=1S/C15H18N2O2/c1-12(2)10-17(11-13-5-3-7-16-9-13)15(18)14-6-4-8-19-14/h3-9,12H,10-11H2,1-2H3. The van der Waals surface area contributed by atoms with Crippen molar-refractivity contribution in [1.82, 2.24) is 9.88 Å². The Morgan fingerprint density at radius 2 is 2.21 bits per heavy atom. The topological polar surface area (TPSA) is 46.3 Å². The van der Waals surface area contributed by atoms with E-state index < -0.39 is 0 Å². The monoisotopic (exact) mass is 258 g/mol. The molecule has 0 unspecified atom stereocenters. The zero-order valence-electron chi connectivity index (χ0n) is 11.2. The van der Waals surface area contributed by atoms with Crippen LogP contribution in [0.4, 0.5) is 0 Å². The summed E-state index contributed by atoms with van der Waals surface area (Å²) >= 11 is 0. The molecule has 0 radical (unpaired) electrons. The molecular weight excluding hydrogens is 240 g/mol. The second-order valence-corrected chi connectivity index (χ2v) is 4.92. The first-order valence-electron chi connectivity index (χ1n) is 6.38. The zero-order chi connectivity index (χ0) is 13.7. The summed E-state index contributed by atoms with van der Waals surface area (Å²) < 4.78 is 5.19. The molecule has 0 atom stereocenters. The molecule has 0 aliphatic carbocycles. The third kappa shape index (κ3) is 3.68. The highest BCUT2D eigenvalue weighted by Crippen LogP contribution is 2.12. The molecule has 0 N–H and O–H groups in total. The van der Waals surface area contributed by atoms with Gasteiger partial charge >= 0.3 is 0 Å². The summed E-state index contributed by atoms with van der Waals surface area (Å²) in [6.45, 7) is 5.41. The Hall–Kier alpha value is -2.10. The van der Waals surface area contributed by atoms with Crippen molar-refractivity contribution in [3.8, 4) is 0 Å². The van der Waals surface area contributed by atoms with Crippen LogP contribution in [0.15, 0.2) is 47.3 Å². The molecule has 2 heterocycles. The van der Waals surface area contributed by atoms with Gasteiger partial charge in [-0.3, -0.25) is 9.78 Å². The van der Waals surface area contributed by atoms with Crippen molar-refractivity contribution in [3.63, 3.8) is 0 Å². The fourth-order valence-corrected chi connectivity index (χ4v) is 1.93. The van der Waals surface area contributed by atoms with Gasteiger partial charge in [0.15, 0.2) is 5.76 Å². The molecule has 0 spiro atoms. The third-order valence-corrected chi connectivity index (χ3v) is 2.70. The molecule has 0 bridgehead atoms. The minimum Gasteiger partial charge on any atom is -0.459 e. The summed E-state index contributed by atoms with van der Waals surface area (Å²) in [6, 6.07) is 7.26. The van der Waals surface area contributed by atoms with Crippen molar-refractivity contribution in [2.45, 2.75) is 20.4 Å². The van der Waals surface area contributed by atoms with Crippen LogP contribution in [0.25, 0.3) is 0 Å². The van der Waals surface area contributed by atoms with Crippen LogP contribution in [0, 0.1) is 5.92 Å². The quantitative estimate of drug-likeness (QED) is 0.828. The number of furan rings is 1. The van der Waals surface area contributed by atoms with Crippen LogP contribution in [0.1, 0.15) is 30.0 Å². The third-order valence-electron chi connectivity index (χ3n) is 2.70. The summed E-state index contributed by atoms with van der Waals surface area (Å²) in [7, 11) is 0. The molecule has 0 aliphatic rings. The lowest BCUT2D eigenvalue weighted by Gasteiger charge is -2.23. The Morgan fingerprint density at radius 1 is 1.37 bits per heavy atom. The van der Waals surface area contributed by atoms with E-state index in [1.807, 2.05) is 12.1 Å². The van der Waals surface area contributed by atoms with Crippen LogP contribution in [0.5, 0.6) is 0 Å². The molecule has 0 fully saturated rings. The fourth-order valence-electron chi connectivity index (χ4n) is 1.93. The van der Waals surface area contributed by atoms with Gasteiger partial charge in [-0.2, -0.15) is 0 Å². The van der Waals surface area contributed by atoms with Gasteiger partial charge in [-0.25, -0.2) is 0 Å². The summed E-state index contributed by atoms with van der Waals surface area (Å²) in [4.78, 5) is 18.2. The van der Waals surface area contributed by atoms with Crippen LogP contribution in [0.3, 0.4) is 0 Å². The highest BCUT2D eigenvalue weighted by Gasteiger charge is 2.19. The smallest absolute Gasteiger partial charge is 0.289 e. The molecule has 0 aromatic carbocycles. The largest absolute Gasteiger partial charge is 0.459 e. The Morgan fingerprint density at radius 3 is 2.79 bits per heavy atom. The van der Waals surface area contributed by atoms with E-state index in [9.17, 15) is 4.79 Å². The molecular formula is C15H18N2O2. The number of carbonyl (C=O) groups excluding carboxylic acids is 1.